The number of aliphatic carboxylic acids is 1. The second-order valence-electron chi connectivity index (χ2n) is 5.72. The SMILES string of the molecule is CCCC(C)(Nc1ncnc2c1CCCCC2)C(=O)O. The van der Waals surface area contributed by atoms with Crippen LogP contribution in [0.25, 0.3) is 0 Å². The van der Waals surface area contributed by atoms with Crippen LogP contribution in [0.15, 0.2) is 6.33 Å². The molecule has 1 unspecified atom stereocenters. The highest BCUT2D eigenvalue weighted by molar-refractivity contribution is 5.82. The molecule has 0 amide bonds. The van der Waals surface area contributed by atoms with Crippen molar-refractivity contribution in [2.75, 3.05) is 5.32 Å². The van der Waals surface area contributed by atoms with Gasteiger partial charge in [0.05, 0.1) is 0 Å². The number of carbonyl (C=O) groups is 1. The van der Waals surface area contributed by atoms with E-state index >= 15 is 0 Å². The largest absolute Gasteiger partial charge is 0.480 e. The van der Waals surface area contributed by atoms with Crippen molar-refractivity contribution >= 4 is 11.8 Å². The number of carboxylic acid groups (broad SMARTS) is 1. The molecule has 1 heterocycles. The Morgan fingerprint density at radius 3 is 2.80 bits per heavy atom. The van der Waals surface area contributed by atoms with Gasteiger partial charge in [-0.25, -0.2) is 14.8 Å². The Hall–Kier alpha value is -1.65. The normalized spacial score (nSPS) is 17.7. The van der Waals surface area contributed by atoms with Gasteiger partial charge in [-0.1, -0.05) is 19.8 Å². The minimum absolute atomic E-state index is 0.571. The van der Waals surface area contributed by atoms with Crippen LogP contribution in [0.5, 0.6) is 0 Å². The summed E-state index contributed by atoms with van der Waals surface area (Å²) >= 11 is 0. The first-order valence-electron chi connectivity index (χ1n) is 7.41. The van der Waals surface area contributed by atoms with Crippen molar-refractivity contribution in [1.29, 1.82) is 0 Å². The van der Waals surface area contributed by atoms with E-state index in [1.54, 1.807) is 13.3 Å². The summed E-state index contributed by atoms with van der Waals surface area (Å²) in [6, 6.07) is 0. The number of rotatable bonds is 5. The lowest BCUT2D eigenvalue weighted by atomic mass is 9.95. The molecule has 0 saturated carbocycles. The monoisotopic (exact) mass is 277 g/mol. The fourth-order valence-electron chi connectivity index (χ4n) is 2.79. The van der Waals surface area contributed by atoms with Gasteiger partial charge in [0.25, 0.3) is 0 Å². The molecule has 0 spiro atoms. The van der Waals surface area contributed by atoms with Crippen LogP contribution >= 0.6 is 0 Å². The second-order valence-corrected chi connectivity index (χ2v) is 5.72. The highest BCUT2D eigenvalue weighted by atomic mass is 16.4. The molecular weight excluding hydrogens is 254 g/mol. The van der Waals surface area contributed by atoms with Crippen LogP contribution in [-0.4, -0.2) is 26.6 Å². The first-order chi connectivity index (χ1) is 9.57. The third-order valence-electron chi connectivity index (χ3n) is 3.99. The molecule has 1 aromatic heterocycles. The molecule has 0 aromatic carbocycles. The van der Waals surface area contributed by atoms with Crippen LogP contribution in [0, 0.1) is 0 Å². The fraction of sp³-hybridized carbons (Fsp3) is 0.667. The van der Waals surface area contributed by atoms with Crippen LogP contribution in [0.4, 0.5) is 5.82 Å². The van der Waals surface area contributed by atoms with E-state index in [9.17, 15) is 9.90 Å². The summed E-state index contributed by atoms with van der Waals surface area (Å²) in [6.07, 6.45) is 8.28. The number of aryl methyl sites for hydroxylation is 1. The molecule has 1 aliphatic rings. The van der Waals surface area contributed by atoms with Gasteiger partial charge in [0, 0.05) is 11.3 Å². The fourth-order valence-corrected chi connectivity index (χ4v) is 2.79. The Balaban J connectivity index is 2.31. The van der Waals surface area contributed by atoms with Crippen molar-refractivity contribution in [2.45, 2.75) is 64.3 Å². The third-order valence-corrected chi connectivity index (χ3v) is 3.99. The molecule has 1 atom stereocenters. The average Bonchev–Trinajstić information content (AvgIpc) is 2.65. The number of hydrogen-bond acceptors (Lipinski definition) is 4. The molecule has 0 fully saturated rings. The van der Waals surface area contributed by atoms with E-state index in [-0.39, 0.29) is 0 Å². The molecule has 0 saturated heterocycles. The summed E-state index contributed by atoms with van der Waals surface area (Å²) in [5, 5.41) is 12.6. The minimum Gasteiger partial charge on any atom is -0.480 e. The first-order valence-corrected chi connectivity index (χ1v) is 7.41. The lowest BCUT2D eigenvalue weighted by Gasteiger charge is -2.27. The summed E-state index contributed by atoms with van der Waals surface area (Å²) in [6.45, 7) is 3.72. The quantitative estimate of drug-likeness (QED) is 0.809. The standard InChI is InChI=1S/C15H23N3O2/c1-3-9-15(2,14(19)20)18-13-11-7-5-4-6-8-12(11)16-10-17-13/h10H,3-9H2,1-2H3,(H,19,20)(H,16,17,18). The maximum Gasteiger partial charge on any atom is 0.329 e. The molecule has 20 heavy (non-hydrogen) atoms. The van der Waals surface area contributed by atoms with E-state index in [1.807, 2.05) is 6.92 Å². The molecule has 5 nitrogen and oxygen atoms in total. The van der Waals surface area contributed by atoms with E-state index in [0.29, 0.717) is 12.2 Å². The van der Waals surface area contributed by atoms with Crippen LogP contribution in [-0.2, 0) is 17.6 Å². The van der Waals surface area contributed by atoms with Crippen molar-refractivity contribution in [3.8, 4) is 0 Å². The maximum atomic E-state index is 11.5. The summed E-state index contributed by atoms with van der Waals surface area (Å²) in [7, 11) is 0. The van der Waals surface area contributed by atoms with E-state index in [4.69, 9.17) is 0 Å². The number of hydrogen-bond donors (Lipinski definition) is 2. The summed E-state index contributed by atoms with van der Waals surface area (Å²) in [5.74, 6) is -0.129. The van der Waals surface area contributed by atoms with Crippen molar-refractivity contribution in [1.82, 2.24) is 9.97 Å². The number of anilines is 1. The minimum atomic E-state index is -0.969. The predicted molar refractivity (Wildman–Crippen MR) is 77.9 cm³/mol. The lowest BCUT2D eigenvalue weighted by molar-refractivity contribution is -0.142. The molecule has 5 heteroatoms. The molecule has 1 aliphatic carbocycles. The van der Waals surface area contributed by atoms with Crippen molar-refractivity contribution in [3.05, 3.63) is 17.6 Å². The predicted octanol–water partition coefficient (Wildman–Crippen LogP) is 2.80. The van der Waals surface area contributed by atoms with Gasteiger partial charge >= 0.3 is 5.97 Å². The maximum absolute atomic E-state index is 11.5. The summed E-state index contributed by atoms with van der Waals surface area (Å²) in [5.41, 5.74) is 1.21. The van der Waals surface area contributed by atoms with Crippen LogP contribution in [0.1, 0.15) is 57.2 Å². The van der Waals surface area contributed by atoms with Crippen molar-refractivity contribution in [2.24, 2.45) is 0 Å². The van der Waals surface area contributed by atoms with Gasteiger partial charge in [0.15, 0.2) is 0 Å². The topological polar surface area (TPSA) is 75.1 Å². The van der Waals surface area contributed by atoms with Gasteiger partial charge < -0.3 is 10.4 Å². The zero-order valence-corrected chi connectivity index (χ0v) is 12.3. The third kappa shape index (κ3) is 3.08. The summed E-state index contributed by atoms with van der Waals surface area (Å²) in [4.78, 5) is 20.2. The van der Waals surface area contributed by atoms with E-state index in [2.05, 4.69) is 15.3 Å². The molecule has 110 valence electrons. The zero-order valence-electron chi connectivity index (χ0n) is 12.3. The second kappa shape index (κ2) is 6.20. The zero-order chi connectivity index (χ0) is 14.6. The van der Waals surface area contributed by atoms with Gasteiger partial charge in [0.2, 0.25) is 0 Å². The van der Waals surface area contributed by atoms with Crippen molar-refractivity contribution < 1.29 is 9.90 Å². The Labute approximate surface area is 119 Å². The number of nitrogens with one attached hydrogen (secondary N) is 1. The number of nitrogens with zero attached hydrogens (tertiary/aromatic N) is 2. The van der Waals surface area contributed by atoms with Gasteiger partial charge in [-0.15, -0.1) is 0 Å². The molecule has 0 bridgehead atoms. The van der Waals surface area contributed by atoms with Gasteiger partial charge in [-0.05, 0) is 39.0 Å². The van der Waals surface area contributed by atoms with Crippen LogP contribution in [0.2, 0.25) is 0 Å². The van der Waals surface area contributed by atoms with Gasteiger partial charge in [0.1, 0.15) is 17.7 Å². The number of carboxylic acids is 1. The summed E-state index contributed by atoms with van der Waals surface area (Å²) < 4.78 is 0. The highest BCUT2D eigenvalue weighted by Gasteiger charge is 2.33. The van der Waals surface area contributed by atoms with Gasteiger partial charge in [-0.2, -0.15) is 0 Å². The van der Waals surface area contributed by atoms with Crippen LogP contribution < -0.4 is 5.32 Å². The average molecular weight is 277 g/mol. The Kier molecular flexibility index (Phi) is 4.57. The molecule has 1 aromatic rings. The molecule has 2 N–H and O–H groups in total. The lowest BCUT2D eigenvalue weighted by Crippen LogP contribution is -2.43. The molecule has 0 radical (unpaired) electrons. The van der Waals surface area contributed by atoms with Crippen molar-refractivity contribution in [3.63, 3.8) is 0 Å². The molecule has 2 rings (SSSR count). The van der Waals surface area contributed by atoms with E-state index < -0.39 is 11.5 Å². The van der Waals surface area contributed by atoms with E-state index in [0.717, 1.165) is 43.4 Å². The Morgan fingerprint density at radius 2 is 2.10 bits per heavy atom. The van der Waals surface area contributed by atoms with Crippen LogP contribution in [0.3, 0.4) is 0 Å². The number of aromatic nitrogens is 2. The number of fused-ring (bicyclic) bond motifs is 1. The van der Waals surface area contributed by atoms with E-state index in [1.165, 1.54) is 6.42 Å². The smallest absolute Gasteiger partial charge is 0.329 e. The first kappa shape index (κ1) is 14.8. The molecule has 0 aliphatic heterocycles. The molecular formula is C15H23N3O2. The Bertz CT molecular complexity index is 490. The highest BCUT2D eigenvalue weighted by Crippen LogP contribution is 2.27. The van der Waals surface area contributed by atoms with Gasteiger partial charge in [-0.3, -0.25) is 0 Å². The Morgan fingerprint density at radius 1 is 1.35 bits per heavy atom.